The van der Waals surface area contributed by atoms with Crippen molar-refractivity contribution in [1.29, 1.82) is 0 Å². The van der Waals surface area contributed by atoms with Crippen LogP contribution in [-0.2, 0) is 9.36 Å². The molecular formula is C21H17O3P. The van der Waals surface area contributed by atoms with E-state index < -0.39 is 18.2 Å². The highest BCUT2D eigenvalue weighted by atomic mass is 31.2. The first-order chi connectivity index (χ1) is 12.1. The van der Waals surface area contributed by atoms with E-state index in [1.807, 2.05) is 12.2 Å². The zero-order valence-electron chi connectivity index (χ0n) is 13.5. The van der Waals surface area contributed by atoms with Gasteiger partial charge in [0.05, 0.1) is 0 Å². The van der Waals surface area contributed by atoms with Crippen molar-refractivity contribution in [3.8, 4) is 0 Å². The molecule has 3 nitrogen and oxygen atoms in total. The molecular weight excluding hydrogens is 331 g/mol. The van der Waals surface area contributed by atoms with Crippen LogP contribution in [0.5, 0.6) is 0 Å². The Morgan fingerprint density at radius 1 is 0.800 bits per heavy atom. The van der Waals surface area contributed by atoms with Crippen LogP contribution in [0.15, 0.2) is 96.6 Å². The van der Waals surface area contributed by atoms with Crippen LogP contribution in [0.4, 0.5) is 0 Å². The van der Waals surface area contributed by atoms with Gasteiger partial charge in [0, 0.05) is 16.4 Å². The van der Waals surface area contributed by atoms with Gasteiger partial charge in [0.15, 0.2) is 0 Å². The van der Waals surface area contributed by atoms with Gasteiger partial charge >= 0.3 is 0 Å². The van der Waals surface area contributed by atoms with Crippen LogP contribution in [-0.4, -0.2) is 11.0 Å². The summed E-state index contributed by atoms with van der Waals surface area (Å²) >= 11 is 0. The summed E-state index contributed by atoms with van der Waals surface area (Å²) < 4.78 is 13.8. The maximum atomic E-state index is 13.8. The molecule has 0 heterocycles. The third-order valence-electron chi connectivity index (χ3n) is 3.94. The van der Waals surface area contributed by atoms with Gasteiger partial charge in [-0.15, -0.1) is 0 Å². The summed E-state index contributed by atoms with van der Waals surface area (Å²) in [5, 5.41) is 0.261. The molecule has 2 aromatic carbocycles. The molecule has 0 radical (unpaired) electrons. The fourth-order valence-corrected chi connectivity index (χ4v) is 4.90. The fourth-order valence-electron chi connectivity index (χ4n) is 2.63. The molecule has 0 amide bonds. The number of benzene rings is 2. The third kappa shape index (κ3) is 3.38. The monoisotopic (exact) mass is 348 g/mol. The standard InChI is InChI=1S/C21H17O3P/c22-20(17-11-5-1-2-6-12-17)25(24,19-15-9-4-10-16-19)21(23)18-13-7-3-8-14-18/h1,3-16H,2H2. The minimum absolute atomic E-state index is 0.261. The van der Waals surface area contributed by atoms with Crippen molar-refractivity contribution in [3.05, 3.63) is 102 Å². The lowest BCUT2D eigenvalue weighted by Crippen LogP contribution is -2.21. The lowest BCUT2D eigenvalue weighted by molar-refractivity contribution is -0.108. The molecule has 0 aromatic heterocycles. The summed E-state index contributed by atoms with van der Waals surface area (Å²) in [6.45, 7) is 0. The number of carbonyl (C=O) groups is 2. The smallest absolute Gasteiger partial charge is 0.248 e. The maximum Gasteiger partial charge on any atom is 0.248 e. The number of hydrogen-bond acceptors (Lipinski definition) is 3. The topological polar surface area (TPSA) is 51.2 Å². The number of allylic oxidation sites excluding steroid dienone is 6. The Kier molecular flexibility index (Phi) is 5.06. The van der Waals surface area contributed by atoms with E-state index >= 15 is 0 Å². The Balaban J connectivity index is 2.15. The van der Waals surface area contributed by atoms with Crippen LogP contribution in [0, 0.1) is 0 Å². The van der Waals surface area contributed by atoms with E-state index in [9.17, 15) is 14.2 Å². The van der Waals surface area contributed by atoms with Crippen molar-refractivity contribution in [1.82, 2.24) is 0 Å². The molecule has 0 spiro atoms. The summed E-state index contributed by atoms with van der Waals surface area (Å²) in [5.74, 6) is 0. The number of rotatable bonds is 5. The Hall–Kier alpha value is -2.77. The molecule has 4 heteroatoms. The lowest BCUT2D eigenvalue weighted by atomic mass is 10.2. The van der Waals surface area contributed by atoms with Crippen LogP contribution >= 0.6 is 7.14 Å². The van der Waals surface area contributed by atoms with E-state index in [-0.39, 0.29) is 16.4 Å². The molecule has 1 unspecified atom stereocenters. The van der Waals surface area contributed by atoms with Gasteiger partial charge in [-0.3, -0.25) is 9.59 Å². The Bertz CT molecular complexity index is 922. The van der Waals surface area contributed by atoms with Crippen molar-refractivity contribution in [2.45, 2.75) is 6.42 Å². The highest BCUT2D eigenvalue weighted by Gasteiger charge is 2.42. The summed E-state index contributed by atoms with van der Waals surface area (Å²) in [4.78, 5) is 26.2. The van der Waals surface area contributed by atoms with E-state index in [1.54, 1.807) is 78.9 Å². The molecule has 25 heavy (non-hydrogen) atoms. The Labute approximate surface area is 146 Å². The van der Waals surface area contributed by atoms with E-state index in [0.29, 0.717) is 6.42 Å². The first-order valence-electron chi connectivity index (χ1n) is 7.98. The fraction of sp³-hybridized carbons (Fsp3) is 0.0476. The SMILES string of the molecule is O=C(C1=CC=CCC=C1)P(=O)(C(=O)c1ccccc1)c1ccccc1. The first-order valence-corrected chi connectivity index (χ1v) is 9.68. The van der Waals surface area contributed by atoms with Gasteiger partial charge in [0.2, 0.25) is 18.2 Å². The Morgan fingerprint density at radius 2 is 1.44 bits per heavy atom. The van der Waals surface area contributed by atoms with Crippen molar-refractivity contribution < 1.29 is 14.2 Å². The second-order valence-electron chi connectivity index (χ2n) is 5.61. The van der Waals surface area contributed by atoms with E-state index in [4.69, 9.17) is 0 Å². The molecule has 124 valence electrons. The van der Waals surface area contributed by atoms with Crippen molar-refractivity contribution in [2.24, 2.45) is 0 Å². The highest BCUT2D eigenvalue weighted by Crippen LogP contribution is 2.50. The lowest BCUT2D eigenvalue weighted by Gasteiger charge is -2.17. The van der Waals surface area contributed by atoms with Crippen LogP contribution < -0.4 is 5.30 Å². The van der Waals surface area contributed by atoms with Crippen molar-refractivity contribution >= 4 is 23.5 Å². The first kappa shape index (κ1) is 17.1. The predicted molar refractivity (Wildman–Crippen MR) is 100 cm³/mol. The third-order valence-corrected chi connectivity index (χ3v) is 6.63. The zero-order chi connectivity index (χ0) is 17.7. The summed E-state index contributed by atoms with van der Waals surface area (Å²) in [6.07, 6.45) is 9.39. The minimum Gasteiger partial charge on any atom is -0.302 e. The van der Waals surface area contributed by atoms with Crippen LogP contribution in [0.2, 0.25) is 0 Å². The van der Waals surface area contributed by atoms with E-state index in [1.165, 1.54) is 0 Å². The quantitative estimate of drug-likeness (QED) is 0.749. The largest absolute Gasteiger partial charge is 0.302 e. The molecule has 0 aliphatic heterocycles. The number of hydrogen-bond donors (Lipinski definition) is 0. The van der Waals surface area contributed by atoms with E-state index in [2.05, 4.69) is 0 Å². The summed E-state index contributed by atoms with van der Waals surface area (Å²) in [6, 6.07) is 16.6. The minimum atomic E-state index is -3.99. The van der Waals surface area contributed by atoms with Gasteiger partial charge in [-0.05, 0) is 6.42 Å². The average molecular weight is 348 g/mol. The highest BCUT2D eigenvalue weighted by molar-refractivity contribution is 8.01. The molecule has 1 aliphatic carbocycles. The molecule has 0 saturated carbocycles. The molecule has 0 bridgehead atoms. The Morgan fingerprint density at radius 3 is 2.12 bits per heavy atom. The van der Waals surface area contributed by atoms with Crippen molar-refractivity contribution in [2.75, 3.05) is 0 Å². The van der Waals surface area contributed by atoms with Crippen LogP contribution in [0.3, 0.4) is 0 Å². The van der Waals surface area contributed by atoms with Gasteiger partial charge < -0.3 is 4.57 Å². The average Bonchev–Trinajstić information content (AvgIpc) is 2.97. The molecule has 0 saturated heterocycles. The van der Waals surface area contributed by atoms with Gasteiger partial charge in [-0.2, -0.15) is 0 Å². The van der Waals surface area contributed by atoms with Crippen LogP contribution in [0.1, 0.15) is 16.8 Å². The molecule has 3 rings (SSSR count). The molecule has 2 aromatic rings. The maximum absolute atomic E-state index is 13.8. The van der Waals surface area contributed by atoms with Crippen molar-refractivity contribution in [3.63, 3.8) is 0 Å². The normalized spacial score (nSPS) is 15.8. The number of carbonyl (C=O) groups excluding carboxylic acids is 2. The molecule has 1 aliphatic rings. The van der Waals surface area contributed by atoms with Crippen LogP contribution in [0.25, 0.3) is 0 Å². The second kappa shape index (κ2) is 7.42. The summed E-state index contributed by atoms with van der Waals surface area (Å²) in [5.41, 5.74) is -0.704. The van der Waals surface area contributed by atoms with Gasteiger partial charge in [0.1, 0.15) is 0 Å². The zero-order valence-corrected chi connectivity index (χ0v) is 14.4. The summed E-state index contributed by atoms with van der Waals surface area (Å²) in [7, 11) is -3.99. The second-order valence-corrected chi connectivity index (χ2v) is 8.16. The molecule has 1 atom stereocenters. The molecule has 0 N–H and O–H groups in total. The van der Waals surface area contributed by atoms with Gasteiger partial charge in [-0.1, -0.05) is 91.0 Å². The molecule has 0 fully saturated rings. The van der Waals surface area contributed by atoms with Gasteiger partial charge in [0.25, 0.3) is 0 Å². The van der Waals surface area contributed by atoms with E-state index in [0.717, 1.165) is 0 Å². The van der Waals surface area contributed by atoms with Gasteiger partial charge in [-0.25, -0.2) is 0 Å². The predicted octanol–water partition coefficient (Wildman–Crippen LogP) is 4.48.